The fraction of sp³-hybridized carbons (Fsp3) is 0.595. The number of likely N-dealkylation sites (tertiary alicyclic amines) is 1. The number of rotatable bonds is 14. The number of ketones is 1. The number of hydrogen-bond donors (Lipinski definition) is 2. The Balaban J connectivity index is 0.000000298. The number of nitrogens with two attached hydrogens (primary N) is 1. The summed E-state index contributed by atoms with van der Waals surface area (Å²) in [5.74, 6) is -0.369. The number of Topliss-reactive ketones (excluding diaryl/α,β-unsaturated/α-hetero) is 1. The van der Waals surface area contributed by atoms with Crippen molar-refractivity contribution in [3.8, 4) is 0 Å². The summed E-state index contributed by atoms with van der Waals surface area (Å²) in [5, 5.41) is 3.46. The molecule has 11 heteroatoms. The molecule has 2 aromatic rings. The summed E-state index contributed by atoms with van der Waals surface area (Å²) in [7, 11) is 1.90. The van der Waals surface area contributed by atoms with Gasteiger partial charge in [-0.25, -0.2) is 4.39 Å². The molecule has 2 amide bonds. The first-order chi connectivity index (χ1) is 23.0. The number of nitrogen functional groups attached to an aromatic ring is 1. The van der Waals surface area contributed by atoms with Crippen molar-refractivity contribution in [2.45, 2.75) is 91.1 Å². The number of para-hydroxylation sites is 1. The van der Waals surface area contributed by atoms with Crippen molar-refractivity contribution >= 4 is 41.1 Å². The van der Waals surface area contributed by atoms with Gasteiger partial charge in [-0.15, -0.1) is 0 Å². The minimum atomic E-state index is -0.454. The van der Waals surface area contributed by atoms with Crippen LogP contribution >= 0.6 is 11.6 Å². The third-order valence-corrected chi connectivity index (χ3v) is 9.02. The van der Waals surface area contributed by atoms with Crippen molar-refractivity contribution in [1.29, 1.82) is 0 Å². The summed E-state index contributed by atoms with van der Waals surface area (Å²) in [5.41, 5.74) is 8.32. The van der Waals surface area contributed by atoms with Crippen LogP contribution in [-0.4, -0.2) is 97.9 Å². The number of amides is 2. The number of piperidine rings is 1. The second-order valence-corrected chi connectivity index (χ2v) is 12.9. The van der Waals surface area contributed by atoms with E-state index in [1.165, 1.54) is 50.9 Å². The van der Waals surface area contributed by atoms with E-state index in [9.17, 15) is 18.8 Å². The van der Waals surface area contributed by atoms with E-state index in [4.69, 9.17) is 22.1 Å². The highest BCUT2D eigenvalue weighted by Crippen LogP contribution is 2.23. The van der Waals surface area contributed by atoms with E-state index in [2.05, 4.69) is 30.1 Å². The van der Waals surface area contributed by atoms with E-state index >= 15 is 0 Å². The number of benzene rings is 2. The lowest BCUT2D eigenvalue weighted by molar-refractivity contribution is -0.134. The predicted octanol–water partition coefficient (Wildman–Crippen LogP) is 6.36. The molecule has 0 aliphatic carbocycles. The molecule has 2 aromatic carbocycles. The zero-order chi connectivity index (χ0) is 35.5. The number of hydrogen-bond acceptors (Lipinski definition) is 7. The standard InChI is InChI=1S/C20H29N3O3.C10H21NO.C7H7ClFN/c1-16(25)7-8-20(26)22-13-10-18(11-14-22)23(15-24)12-9-17-5-3-4-6-19(17)21-2;1-3-6-11(7-4-2)10-5-8-12-9-10;1-4-2-5(8)7(10)6(9)3-4/h3-6,15,18,21H,7-14H2,1-2H3;10H,3-9H2,1-2H3;2-3H,10H2,1H3. The molecule has 0 radical (unpaired) electrons. The van der Waals surface area contributed by atoms with Gasteiger partial charge in [-0.2, -0.15) is 0 Å². The SMILES string of the molecule is CCCN(CCC)C1CCOC1.CNc1ccccc1CCN(C=O)C1CCN(C(=O)CCC(C)=O)CC1.Cc1cc(F)c(N)c(Cl)c1. The first kappa shape index (κ1) is 41.0. The molecule has 0 spiro atoms. The molecule has 2 heterocycles. The molecule has 268 valence electrons. The second-order valence-electron chi connectivity index (χ2n) is 12.5. The number of nitrogens with one attached hydrogen (secondary N) is 1. The molecule has 9 nitrogen and oxygen atoms in total. The number of nitrogens with zero attached hydrogens (tertiary/aromatic N) is 3. The Labute approximate surface area is 292 Å². The Morgan fingerprint density at radius 1 is 1.06 bits per heavy atom. The largest absolute Gasteiger partial charge is 0.395 e. The van der Waals surface area contributed by atoms with Crippen LogP contribution in [0.3, 0.4) is 0 Å². The third-order valence-electron chi connectivity index (χ3n) is 8.71. The van der Waals surface area contributed by atoms with E-state index in [0.29, 0.717) is 32.1 Å². The molecule has 2 saturated heterocycles. The molecule has 2 aliphatic heterocycles. The fourth-order valence-corrected chi connectivity index (χ4v) is 6.28. The minimum absolute atomic E-state index is 0.0206. The number of ether oxygens (including phenoxy) is 1. The van der Waals surface area contributed by atoms with Crippen molar-refractivity contribution in [3.63, 3.8) is 0 Å². The maximum Gasteiger partial charge on any atom is 0.223 e. The zero-order valence-electron chi connectivity index (χ0n) is 29.6. The summed E-state index contributed by atoms with van der Waals surface area (Å²) in [6.07, 6.45) is 7.67. The maximum atomic E-state index is 12.6. The van der Waals surface area contributed by atoms with E-state index in [0.717, 1.165) is 50.1 Å². The zero-order valence-corrected chi connectivity index (χ0v) is 30.4. The molecular weight excluding hydrogens is 633 g/mol. The number of anilines is 2. The van der Waals surface area contributed by atoms with Gasteiger partial charge in [-0.1, -0.05) is 43.6 Å². The Bertz CT molecular complexity index is 1240. The van der Waals surface area contributed by atoms with Crippen LogP contribution in [0.4, 0.5) is 15.8 Å². The summed E-state index contributed by atoms with van der Waals surface area (Å²) in [6.45, 7) is 14.1. The first-order valence-corrected chi connectivity index (χ1v) is 17.7. The summed E-state index contributed by atoms with van der Waals surface area (Å²) in [4.78, 5) is 41.0. The quantitative estimate of drug-likeness (QED) is 0.176. The lowest BCUT2D eigenvalue weighted by atomic mass is 10.0. The van der Waals surface area contributed by atoms with Gasteiger partial charge < -0.3 is 30.4 Å². The first-order valence-electron chi connectivity index (χ1n) is 17.3. The average Bonchev–Trinajstić information content (AvgIpc) is 3.62. The van der Waals surface area contributed by atoms with Crippen LogP contribution in [0, 0.1) is 12.7 Å². The molecule has 1 atom stereocenters. The topological polar surface area (TPSA) is 108 Å². The Kier molecular flexibility index (Phi) is 19.1. The van der Waals surface area contributed by atoms with Gasteiger partial charge >= 0.3 is 0 Å². The molecule has 0 bridgehead atoms. The molecule has 0 aromatic heterocycles. The van der Waals surface area contributed by atoms with Crippen molar-refractivity contribution in [2.75, 3.05) is 64.0 Å². The monoisotopic (exact) mass is 689 g/mol. The smallest absolute Gasteiger partial charge is 0.223 e. The Morgan fingerprint density at radius 3 is 2.27 bits per heavy atom. The molecule has 2 fully saturated rings. The van der Waals surface area contributed by atoms with Crippen LogP contribution in [-0.2, 0) is 25.5 Å². The summed E-state index contributed by atoms with van der Waals surface area (Å²) >= 11 is 5.55. The number of aryl methyl sites for hydroxylation is 1. The lowest BCUT2D eigenvalue weighted by Gasteiger charge is -2.37. The van der Waals surface area contributed by atoms with Gasteiger partial charge in [0.25, 0.3) is 0 Å². The third kappa shape index (κ3) is 14.1. The summed E-state index contributed by atoms with van der Waals surface area (Å²) < 4.78 is 18.0. The molecule has 0 saturated carbocycles. The van der Waals surface area contributed by atoms with Gasteiger partial charge in [0.05, 0.1) is 17.3 Å². The normalized spacial score (nSPS) is 16.0. The predicted molar refractivity (Wildman–Crippen MR) is 194 cm³/mol. The van der Waals surface area contributed by atoms with Crippen LogP contribution in [0.5, 0.6) is 0 Å². The highest BCUT2D eigenvalue weighted by atomic mass is 35.5. The van der Waals surface area contributed by atoms with Crippen molar-refractivity contribution in [1.82, 2.24) is 14.7 Å². The fourth-order valence-electron chi connectivity index (χ4n) is 6.01. The van der Waals surface area contributed by atoms with E-state index in [-0.39, 0.29) is 34.9 Å². The van der Waals surface area contributed by atoms with Gasteiger partial charge in [-0.05, 0) is 94.8 Å². The lowest BCUT2D eigenvalue weighted by Crippen LogP contribution is -2.46. The van der Waals surface area contributed by atoms with Crippen molar-refractivity contribution in [3.05, 3.63) is 58.4 Å². The van der Waals surface area contributed by atoms with E-state index in [1.54, 1.807) is 13.0 Å². The van der Waals surface area contributed by atoms with Gasteiger partial charge in [0.15, 0.2) is 0 Å². The minimum Gasteiger partial charge on any atom is -0.395 e. The number of halogens is 2. The molecule has 1 unspecified atom stereocenters. The molecule has 2 aliphatic rings. The van der Waals surface area contributed by atoms with Gasteiger partial charge in [0.1, 0.15) is 11.6 Å². The van der Waals surface area contributed by atoms with Gasteiger partial charge in [-0.3, -0.25) is 14.5 Å². The van der Waals surface area contributed by atoms with Gasteiger partial charge in [0.2, 0.25) is 12.3 Å². The number of carbonyl (C=O) groups is 3. The highest BCUT2D eigenvalue weighted by molar-refractivity contribution is 6.33. The van der Waals surface area contributed by atoms with Crippen LogP contribution in [0.25, 0.3) is 0 Å². The van der Waals surface area contributed by atoms with Crippen LogP contribution in [0.1, 0.15) is 76.8 Å². The highest BCUT2D eigenvalue weighted by Gasteiger charge is 2.26. The molecule has 3 N–H and O–H groups in total. The Hall–Kier alpha value is -3.21. The van der Waals surface area contributed by atoms with Crippen molar-refractivity contribution < 1.29 is 23.5 Å². The maximum absolute atomic E-state index is 12.6. The summed E-state index contributed by atoms with van der Waals surface area (Å²) in [6, 6.07) is 12.0. The molecular formula is C37H57ClFN5O4. The molecule has 48 heavy (non-hydrogen) atoms. The van der Waals surface area contributed by atoms with Crippen molar-refractivity contribution in [2.24, 2.45) is 0 Å². The van der Waals surface area contributed by atoms with Gasteiger partial charge in [0, 0.05) is 63.9 Å². The van der Waals surface area contributed by atoms with E-state index in [1.807, 2.05) is 35.0 Å². The number of carbonyl (C=O) groups excluding carboxylic acids is 3. The van der Waals surface area contributed by atoms with Crippen LogP contribution in [0.2, 0.25) is 5.02 Å². The van der Waals surface area contributed by atoms with Crippen LogP contribution < -0.4 is 11.1 Å². The molecule has 4 rings (SSSR count). The van der Waals surface area contributed by atoms with E-state index < -0.39 is 5.82 Å². The second kappa shape index (κ2) is 22.4. The average molecular weight is 690 g/mol. The van der Waals surface area contributed by atoms with Crippen LogP contribution in [0.15, 0.2) is 36.4 Å². The Morgan fingerprint density at radius 2 is 1.73 bits per heavy atom.